The molecular formula is C18H15N3O5S. The van der Waals surface area contributed by atoms with Crippen molar-refractivity contribution in [2.45, 2.75) is 12.7 Å². The molecule has 0 spiro atoms. The number of fused-ring (bicyclic) bond motifs is 1. The lowest BCUT2D eigenvalue weighted by atomic mass is 10.1. The van der Waals surface area contributed by atoms with Crippen LogP contribution in [0.1, 0.15) is 18.1 Å². The standard InChI is InChI=1S/C18H15N3O5S/c1-2-26-16-9-8-13-15(11-27(23,24)25)14(10-19)18(22)21(17(13)20-16)12-6-4-3-5-7-12/h3-9H,2,11H2,1H3,(H,23,24,25). The summed E-state index contributed by atoms with van der Waals surface area (Å²) in [6, 6.07) is 13.3. The number of benzene rings is 1. The number of nitrogens with zero attached hydrogens (tertiary/aromatic N) is 3. The van der Waals surface area contributed by atoms with E-state index in [0.717, 1.165) is 0 Å². The summed E-state index contributed by atoms with van der Waals surface area (Å²) in [6.07, 6.45) is 0. The van der Waals surface area contributed by atoms with Crippen LogP contribution in [0.3, 0.4) is 0 Å². The Bertz CT molecular complexity index is 1210. The first kappa shape index (κ1) is 18.6. The maximum atomic E-state index is 13.0. The van der Waals surface area contributed by atoms with E-state index in [2.05, 4.69) is 4.98 Å². The highest BCUT2D eigenvalue weighted by Gasteiger charge is 2.22. The van der Waals surface area contributed by atoms with Gasteiger partial charge in [0.25, 0.3) is 15.7 Å². The molecule has 27 heavy (non-hydrogen) atoms. The van der Waals surface area contributed by atoms with Crippen LogP contribution in [0.4, 0.5) is 0 Å². The van der Waals surface area contributed by atoms with Crippen molar-refractivity contribution in [2.24, 2.45) is 0 Å². The van der Waals surface area contributed by atoms with E-state index in [1.165, 1.54) is 16.7 Å². The molecule has 2 heterocycles. The van der Waals surface area contributed by atoms with Gasteiger partial charge in [0.15, 0.2) is 5.65 Å². The third-order valence-electron chi connectivity index (χ3n) is 3.85. The highest BCUT2D eigenvalue weighted by molar-refractivity contribution is 7.85. The highest BCUT2D eigenvalue weighted by atomic mass is 32.2. The molecule has 0 amide bonds. The van der Waals surface area contributed by atoms with Crippen LogP contribution >= 0.6 is 0 Å². The zero-order valence-electron chi connectivity index (χ0n) is 14.3. The normalized spacial score (nSPS) is 11.3. The van der Waals surface area contributed by atoms with Crippen molar-refractivity contribution in [2.75, 3.05) is 6.61 Å². The first-order valence-corrected chi connectivity index (χ1v) is 9.58. The molecule has 3 aromatic rings. The molecule has 138 valence electrons. The zero-order chi connectivity index (χ0) is 19.6. The molecule has 0 saturated heterocycles. The molecular weight excluding hydrogens is 370 g/mol. The Balaban J connectivity index is 2.49. The average molecular weight is 385 g/mol. The van der Waals surface area contributed by atoms with Crippen LogP contribution in [0.15, 0.2) is 47.3 Å². The van der Waals surface area contributed by atoms with E-state index in [-0.39, 0.29) is 28.0 Å². The van der Waals surface area contributed by atoms with E-state index in [1.807, 2.05) is 0 Å². The number of para-hydroxylation sites is 1. The molecule has 2 aromatic heterocycles. The molecule has 0 aliphatic heterocycles. The molecule has 0 atom stereocenters. The predicted molar refractivity (Wildman–Crippen MR) is 98.5 cm³/mol. The fourth-order valence-corrected chi connectivity index (χ4v) is 3.47. The van der Waals surface area contributed by atoms with Crippen LogP contribution in [0.2, 0.25) is 0 Å². The Labute approximate surface area is 155 Å². The van der Waals surface area contributed by atoms with Gasteiger partial charge >= 0.3 is 0 Å². The Kier molecular flexibility index (Phi) is 4.94. The smallest absolute Gasteiger partial charge is 0.275 e. The lowest BCUT2D eigenvalue weighted by Crippen LogP contribution is -2.25. The second-order valence-corrected chi connectivity index (χ2v) is 7.07. The minimum atomic E-state index is -4.47. The number of hydrogen-bond acceptors (Lipinski definition) is 6. The van der Waals surface area contributed by atoms with E-state index in [0.29, 0.717) is 12.3 Å². The topological polar surface area (TPSA) is 122 Å². The first-order chi connectivity index (χ1) is 12.9. The highest BCUT2D eigenvalue weighted by Crippen LogP contribution is 2.25. The van der Waals surface area contributed by atoms with Crippen molar-refractivity contribution in [3.8, 4) is 17.6 Å². The molecule has 0 unspecified atom stereocenters. The summed E-state index contributed by atoms with van der Waals surface area (Å²) in [4.78, 5) is 17.3. The SMILES string of the molecule is CCOc1ccc2c(CS(=O)(=O)O)c(C#N)c(=O)n(-c3ccccc3)c2n1. The Hall–Kier alpha value is -3.22. The number of rotatable bonds is 5. The van der Waals surface area contributed by atoms with Gasteiger partial charge < -0.3 is 4.74 Å². The summed E-state index contributed by atoms with van der Waals surface area (Å²) in [5, 5.41) is 9.74. The fourth-order valence-electron chi connectivity index (χ4n) is 2.80. The van der Waals surface area contributed by atoms with Gasteiger partial charge in [-0.05, 0) is 25.1 Å². The minimum Gasteiger partial charge on any atom is -0.478 e. The van der Waals surface area contributed by atoms with Gasteiger partial charge in [0, 0.05) is 17.0 Å². The van der Waals surface area contributed by atoms with Gasteiger partial charge in [-0.1, -0.05) is 18.2 Å². The van der Waals surface area contributed by atoms with Crippen molar-refractivity contribution >= 4 is 21.2 Å². The Morgan fingerprint density at radius 3 is 2.52 bits per heavy atom. The van der Waals surface area contributed by atoms with Crippen LogP contribution in [-0.4, -0.2) is 29.1 Å². The number of ether oxygens (including phenoxy) is 1. The second kappa shape index (κ2) is 7.19. The monoisotopic (exact) mass is 385 g/mol. The number of nitriles is 1. The maximum Gasteiger partial charge on any atom is 0.275 e. The van der Waals surface area contributed by atoms with Crippen molar-refractivity contribution in [3.63, 3.8) is 0 Å². The summed E-state index contributed by atoms with van der Waals surface area (Å²) in [6.45, 7) is 2.13. The Morgan fingerprint density at radius 2 is 1.93 bits per heavy atom. The molecule has 3 rings (SSSR count). The molecule has 1 N–H and O–H groups in total. The van der Waals surface area contributed by atoms with Crippen LogP contribution in [0.5, 0.6) is 5.88 Å². The second-order valence-electron chi connectivity index (χ2n) is 5.62. The third kappa shape index (κ3) is 3.67. The average Bonchev–Trinajstić information content (AvgIpc) is 2.62. The summed E-state index contributed by atoms with van der Waals surface area (Å²) >= 11 is 0. The number of hydrogen-bond donors (Lipinski definition) is 1. The number of aromatic nitrogens is 2. The quantitative estimate of drug-likeness (QED) is 0.667. The van der Waals surface area contributed by atoms with Gasteiger partial charge in [-0.15, -0.1) is 0 Å². The molecule has 0 saturated carbocycles. The molecule has 0 bridgehead atoms. The maximum absolute atomic E-state index is 13.0. The van der Waals surface area contributed by atoms with Crippen LogP contribution < -0.4 is 10.3 Å². The van der Waals surface area contributed by atoms with Gasteiger partial charge in [0.2, 0.25) is 5.88 Å². The third-order valence-corrected chi connectivity index (χ3v) is 4.50. The fraction of sp³-hybridized carbons (Fsp3) is 0.167. The van der Waals surface area contributed by atoms with Crippen molar-refractivity contribution < 1.29 is 17.7 Å². The van der Waals surface area contributed by atoms with Crippen molar-refractivity contribution in [1.29, 1.82) is 5.26 Å². The van der Waals surface area contributed by atoms with Crippen molar-refractivity contribution in [1.82, 2.24) is 9.55 Å². The van der Waals surface area contributed by atoms with E-state index >= 15 is 0 Å². The van der Waals surface area contributed by atoms with Crippen LogP contribution in [-0.2, 0) is 15.9 Å². The molecule has 8 nitrogen and oxygen atoms in total. The minimum absolute atomic E-state index is 0.0947. The van der Waals surface area contributed by atoms with Gasteiger partial charge in [0.05, 0.1) is 12.3 Å². The van der Waals surface area contributed by atoms with E-state index < -0.39 is 21.4 Å². The van der Waals surface area contributed by atoms with Crippen LogP contribution in [0, 0.1) is 11.3 Å². The summed E-state index contributed by atoms with van der Waals surface area (Å²) in [5.74, 6) is -0.621. The molecule has 0 aliphatic carbocycles. The molecule has 0 aliphatic rings. The lowest BCUT2D eigenvalue weighted by molar-refractivity contribution is 0.328. The van der Waals surface area contributed by atoms with Crippen molar-refractivity contribution in [3.05, 3.63) is 63.9 Å². The van der Waals surface area contributed by atoms with Gasteiger partial charge in [0.1, 0.15) is 17.4 Å². The largest absolute Gasteiger partial charge is 0.478 e. The first-order valence-electron chi connectivity index (χ1n) is 7.98. The molecule has 9 heteroatoms. The number of pyridine rings is 2. The summed E-state index contributed by atoms with van der Waals surface area (Å²) in [5.41, 5.74) is -0.591. The van der Waals surface area contributed by atoms with E-state index in [4.69, 9.17) is 4.74 Å². The molecule has 1 aromatic carbocycles. The lowest BCUT2D eigenvalue weighted by Gasteiger charge is -2.15. The van der Waals surface area contributed by atoms with Gasteiger partial charge in [-0.25, -0.2) is 0 Å². The summed E-state index contributed by atoms with van der Waals surface area (Å²) in [7, 11) is -4.47. The van der Waals surface area contributed by atoms with Gasteiger partial charge in [-0.2, -0.15) is 18.7 Å². The molecule has 0 fully saturated rings. The Morgan fingerprint density at radius 1 is 1.22 bits per heavy atom. The van der Waals surface area contributed by atoms with E-state index in [1.54, 1.807) is 43.3 Å². The molecule has 0 radical (unpaired) electrons. The zero-order valence-corrected chi connectivity index (χ0v) is 15.1. The predicted octanol–water partition coefficient (Wildman–Crippen LogP) is 2.04. The van der Waals surface area contributed by atoms with Gasteiger partial charge in [-0.3, -0.25) is 13.9 Å². The van der Waals surface area contributed by atoms with Crippen LogP contribution in [0.25, 0.3) is 16.7 Å². The van der Waals surface area contributed by atoms with E-state index in [9.17, 15) is 23.0 Å². The summed E-state index contributed by atoms with van der Waals surface area (Å²) < 4.78 is 38.8.